The molecule has 0 aliphatic carbocycles. The molecule has 0 spiro atoms. The molecule has 0 amide bonds. The summed E-state index contributed by atoms with van der Waals surface area (Å²) < 4.78 is 8.02. The summed E-state index contributed by atoms with van der Waals surface area (Å²) >= 11 is 1.70. The molecule has 1 heterocycles. The molecule has 3 aromatic carbocycles. The first kappa shape index (κ1) is 16.8. The van der Waals surface area contributed by atoms with E-state index < -0.39 is 0 Å². The summed E-state index contributed by atoms with van der Waals surface area (Å²) in [4.78, 5) is 13.2. The quantitative estimate of drug-likeness (QED) is 0.397. The maximum absolute atomic E-state index is 13.2. The average Bonchev–Trinajstić information content (AvgIpc) is 2.69. The fraction of sp³-hybridized carbons (Fsp3) is 0.174. The number of fused-ring (bicyclic) bond motifs is 2. The summed E-state index contributed by atoms with van der Waals surface area (Å²) in [6.07, 6.45) is 1.86. The van der Waals surface area contributed by atoms with Gasteiger partial charge < -0.3 is 4.74 Å². The average molecular weight is 360 g/mol. The number of hydrogen-bond acceptors (Lipinski definition) is 3. The number of rotatable bonds is 4. The van der Waals surface area contributed by atoms with Crippen molar-refractivity contribution in [2.24, 2.45) is 0 Å². The third-order valence-corrected chi connectivity index (χ3v) is 5.91. The van der Waals surface area contributed by atoms with Crippen LogP contribution in [0.1, 0.15) is 25.0 Å². The van der Waals surface area contributed by atoms with Gasteiger partial charge in [-0.2, -0.15) is 0 Å². The lowest BCUT2D eigenvalue weighted by molar-refractivity contribution is 0.483. The lowest BCUT2D eigenvalue weighted by atomic mass is 10.0. The van der Waals surface area contributed by atoms with Gasteiger partial charge in [-0.3, -0.25) is 4.79 Å². The number of benzene rings is 3. The van der Waals surface area contributed by atoms with Crippen LogP contribution in [0.15, 0.2) is 65.5 Å². The first-order valence-electron chi connectivity index (χ1n) is 8.95. The molecule has 0 atom stereocenters. The molecule has 2 nitrogen and oxygen atoms in total. The van der Waals surface area contributed by atoms with E-state index in [-0.39, 0.29) is 5.43 Å². The number of para-hydroxylation sites is 1. The Morgan fingerprint density at radius 2 is 1.65 bits per heavy atom. The maximum atomic E-state index is 13.2. The third kappa shape index (κ3) is 2.99. The van der Waals surface area contributed by atoms with Crippen molar-refractivity contribution in [3.63, 3.8) is 0 Å². The molecule has 4 aromatic rings. The molecule has 0 aliphatic heterocycles. The second kappa shape index (κ2) is 6.93. The van der Waals surface area contributed by atoms with E-state index in [9.17, 15) is 4.79 Å². The molecule has 3 heteroatoms. The molecule has 0 N–H and O–H groups in total. The maximum Gasteiger partial charge on any atom is 0.196 e. The largest absolute Gasteiger partial charge is 0.457 e. The van der Waals surface area contributed by atoms with Crippen LogP contribution in [-0.2, 0) is 12.8 Å². The first-order chi connectivity index (χ1) is 12.7. The fourth-order valence-electron chi connectivity index (χ4n) is 3.23. The van der Waals surface area contributed by atoms with Gasteiger partial charge in [-0.1, -0.05) is 38.1 Å². The Labute approximate surface area is 156 Å². The molecule has 26 heavy (non-hydrogen) atoms. The van der Waals surface area contributed by atoms with E-state index in [1.807, 2.05) is 48.5 Å². The van der Waals surface area contributed by atoms with Gasteiger partial charge in [0.1, 0.15) is 11.5 Å². The van der Waals surface area contributed by atoms with E-state index in [1.165, 1.54) is 11.1 Å². The van der Waals surface area contributed by atoms with Gasteiger partial charge in [-0.15, -0.1) is 11.3 Å². The number of ether oxygens (including phenoxy) is 1. The predicted molar refractivity (Wildman–Crippen MR) is 111 cm³/mol. The zero-order valence-corrected chi connectivity index (χ0v) is 15.7. The topological polar surface area (TPSA) is 26.3 Å². The Hall–Kier alpha value is -2.65. The normalized spacial score (nSPS) is 11.2. The van der Waals surface area contributed by atoms with Gasteiger partial charge in [0.2, 0.25) is 0 Å². The van der Waals surface area contributed by atoms with Crippen LogP contribution >= 0.6 is 11.3 Å². The van der Waals surface area contributed by atoms with Gasteiger partial charge in [0.25, 0.3) is 0 Å². The van der Waals surface area contributed by atoms with Gasteiger partial charge >= 0.3 is 0 Å². The zero-order valence-electron chi connectivity index (χ0n) is 14.9. The molecule has 0 unspecified atom stereocenters. The van der Waals surface area contributed by atoms with Crippen molar-refractivity contribution in [2.75, 3.05) is 0 Å². The molecular formula is C23H20O2S. The molecule has 0 fully saturated rings. The van der Waals surface area contributed by atoms with Crippen molar-refractivity contribution >= 4 is 31.5 Å². The van der Waals surface area contributed by atoms with Crippen LogP contribution in [0, 0.1) is 0 Å². The predicted octanol–water partition coefficient (Wildman–Crippen LogP) is 6.33. The van der Waals surface area contributed by atoms with Gasteiger partial charge in [-0.05, 0) is 60.4 Å². The lowest BCUT2D eigenvalue weighted by Gasteiger charge is -2.10. The summed E-state index contributed by atoms with van der Waals surface area (Å²) in [5.41, 5.74) is 2.57. The molecule has 0 radical (unpaired) electrons. The van der Waals surface area contributed by atoms with E-state index in [2.05, 4.69) is 26.0 Å². The number of aryl methyl sites for hydroxylation is 2. The summed E-state index contributed by atoms with van der Waals surface area (Å²) in [5.74, 6) is 1.46. The minimum atomic E-state index is 0.0947. The number of hydrogen-bond donors (Lipinski definition) is 0. The highest BCUT2D eigenvalue weighted by Crippen LogP contribution is 2.32. The molecule has 4 rings (SSSR count). The van der Waals surface area contributed by atoms with Crippen molar-refractivity contribution in [1.82, 2.24) is 0 Å². The minimum Gasteiger partial charge on any atom is -0.457 e. The van der Waals surface area contributed by atoms with Crippen LogP contribution in [0.4, 0.5) is 0 Å². The monoisotopic (exact) mass is 360 g/mol. The summed E-state index contributed by atoms with van der Waals surface area (Å²) in [6, 6.07) is 19.7. The van der Waals surface area contributed by atoms with E-state index in [0.717, 1.165) is 38.8 Å². The first-order valence-corrected chi connectivity index (χ1v) is 9.76. The molecule has 0 bridgehead atoms. The highest BCUT2D eigenvalue weighted by atomic mass is 32.1. The van der Waals surface area contributed by atoms with Crippen molar-refractivity contribution < 1.29 is 4.74 Å². The molecular weight excluding hydrogens is 340 g/mol. The standard InChI is InChI=1S/C23H20O2S/c1-3-15-12-16(4-2)23-20(13-15)22(24)19-14-18(10-11-21(19)26-23)25-17-8-6-5-7-9-17/h5-14H,3-4H2,1-2H3. The Bertz CT molecular complexity index is 1140. The Morgan fingerprint density at radius 1 is 0.846 bits per heavy atom. The minimum absolute atomic E-state index is 0.0947. The molecule has 0 saturated heterocycles. The van der Waals surface area contributed by atoms with Crippen molar-refractivity contribution in [3.8, 4) is 11.5 Å². The van der Waals surface area contributed by atoms with E-state index in [0.29, 0.717) is 5.75 Å². The van der Waals surface area contributed by atoms with Crippen molar-refractivity contribution in [1.29, 1.82) is 0 Å². The summed E-state index contributed by atoms with van der Waals surface area (Å²) in [5, 5.41) is 1.56. The smallest absolute Gasteiger partial charge is 0.196 e. The van der Waals surface area contributed by atoms with Gasteiger partial charge in [0, 0.05) is 20.2 Å². The van der Waals surface area contributed by atoms with Gasteiger partial charge in [-0.25, -0.2) is 0 Å². The second-order valence-corrected chi connectivity index (χ2v) is 7.40. The van der Waals surface area contributed by atoms with Crippen LogP contribution in [-0.4, -0.2) is 0 Å². The molecule has 1 aromatic heterocycles. The molecule has 130 valence electrons. The highest BCUT2D eigenvalue weighted by molar-refractivity contribution is 7.24. The summed E-state index contributed by atoms with van der Waals surface area (Å²) in [7, 11) is 0. The zero-order chi connectivity index (χ0) is 18.1. The second-order valence-electron chi connectivity index (χ2n) is 6.34. The third-order valence-electron chi connectivity index (χ3n) is 4.65. The molecule has 0 aliphatic rings. The van der Waals surface area contributed by atoms with Crippen LogP contribution in [0.25, 0.3) is 20.2 Å². The van der Waals surface area contributed by atoms with Crippen LogP contribution in [0.2, 0.25) is 0 Å². The summed E-state index contributed by atoms with van der Waals surface area (Å²) in [6.45, 7) is 4.27. The Kier molecular flexibility index (Phi) is 4.48. The van der Waals surface area contributed by atoms with Crippen molar-refractivity contribution in [3.05, 3.63) is 82.0 Å². The lowest BCUT2D eigenvalue weighted by Crippen LogP contribution is -2.03. The van der Waals surface area contributed by atoms with E-state index in [1.54, 1.807) is 11.3 Å². The van der Waals surface area contributed by atoms with E-state index in [4.69, 9.17) is 4.74 Å². The Morgan fingerprint density at radius 3 is 2.38 bits per heavy atom. The fourth-order valence-corrected chi connectivity index (χ4v) is 4.44. The van der Waals surface area contributed by atoms with Crippen molar-refractivity contribution in [2.45, 2.75) is 26.7 Å². The van der Waals surface area contributed by atoms with Crippen LogP contribution < -0.4 is 10.2 Å². The SMILES string of the molecule is CCc1cc(CC)c2sc3ccc(Oc4ccccc4)cc3c(=O)c2c1. The van der Waals surface area contributed by atoms with Gasteiger partial charge in [0.15, 0.2) is 5.43 Å². The van der Waals surface area contributed by atoms with Crippen LogP contribution in [0.3, 0.4) is 0 Å². The van der Waals surface area contributed by atoms with E-state index >= 15 is 0 Å². The van der Waals surface area contributed by atoms with Crippen LogP contribution in [0.5, 0.6) is 11.5 Å². The Balaban J connectivity index is 1.91. The highest BCUT2D eigenvalue weighted by Gasteiger charge is 2.11. The molecule has 0 saturated carbocycles. The van der Waals surface area contributed by atoms with Gasteiger partial charge in [0.05, 0.1) is 0 Å².